The van der Waals surface area contributed by atoms with E-state index in [-0.39, 0.29) is 18.5 Å². The highest BCUT2D eigenvalue weighted by atomic mass is 16.5. The maximum Gasteiger partial charge on any atom is 0.310 e. The summed E-state index contributed by atoms with van der Waals surface area (Å²) in [6.07, 6.45) is 1.22. The number of nitrogens with zero attached hydrogens (tertiary/aromatic N) is 1. The number of hydroxylamine groups is 2. The van der Waals surface area contributed by atoms with E-state index < -0.39 is 11.1 Å². The van der Waals surface area contributed by atoms with Gasteiger partial charge < -0.3 is 4.74 Å². The van der Waals surface area contributed by atoms with Gasteiger partial charge in [-0.1, -0.05) is 30.3 Å². The Hall–Kier alpha value is -1.39. The van der Waals surface area contributed by atoms with Crippen LogP contribution in [0.2, 0.25) is 0 Å². The predicted molar refractivity (Wildman–Crippen MR) is 79.9 cm³/mol. The van der Waals surface area contributed by atoms with E-state index in [4.69, 9.17) is 4.74 Å². The van der Waals surface area contributed by atoms with Crippen molar-refractivity contribution < 1.29 is 14.7 Å². The van der Waals surface area contributed by atoms with Crippen LogP contribution in [0.5, 0.6) is 0 Å². The lowest BCUT2D eigenvalue weighted by Crippen LogP contribution is -2.60. The van der Waals surface area contributed by atoms with E-state index in [1.165, 1.54) is 0 Å². The molecule has 0 spiro atoms. The van der Waals surface area contributed by atoms with Crippen LogP contribution in [0, 0.1) is 0 Å². The number of carbonyl (C=O) groups is 1. The number of ether oxygens (including phenoxy) is 1. The fourth-order valence-electron chi connectivity index (χ4n) is 3.25. The number of rotatable bonds is 3. The summed E-state index contributed by atoms with van der Waals surface area (Å²) in [7, 11) is 0. The molecule has 1 radical (unpaired) electrons. The van der Waals surface area contributed by atoms with E-state index in [9.17, 15) is 10.0 Å². The molecular formula is C17H24NO3. The summed E-state index contributed by atoms with van der Waals surface area (Å²) >= 11 is 0. The Kier molecular flexibility index (Phi) is 4.40. The number of carbonyl (C=O) groups excluding carboxylic acids is 1. The van der Waals surface area contributed by atoms with Crippen molar-refractivity contribution in [2.24, 2.45) is 0 Å². The Morgan fingerprint density at radius 3 is 2.19 bits per heavy atom. The molecule has 0 unspecified atom stereocenters. The van der Waals surface area contributed by atoms with Gasteiger partial charge in [-0.05, 0) is 33.3 Å². The molecule has 4 nitrogen and oxygen atoms in total. The van der Waals surface area contributed by atoms with E-state index in [0.29, 0.717) is 12.8 Å². The molecule has 2 rings (SSSR count). The standard InChI is InChI=1S/C17H24NO3/c1-16(2)11-14(12-17(3,4)18(16)20)21-15(19)10-13-8-6-5-7-9-13/h5-9,14H,10-12H2,1-4H3. The zero-order valence-electron chi connectivity index (χ0n) is 13.3. The van der Waals surface area contributed by atoms with Crippen LogP contribution in [-0.2, 0) is 21.2 Å². The van der Waals surface area contributed by atoms with Crippen LogP contribution in [0.3, 0.4) is 0 Å². The van der Waals surface area contributed by atoms with Gasteiger partial charge in [0.2, 0.25) is 0 Å². The smallest absolute Gasteiger partial charge is 0.310 e. The van der Waals surface area contributed by atoms with Crippen molar-refractivity contribution >= 4 is 5.97 Å². The van der Waals surface area contributed by atoms with Gasteiger partial charge in [0.1, 0.15) is 6.10 Å². The van der Waals surface area contributed by atoms with Crippen molar-refractivity contribution in [2.45, 2.75) is 64.1 Å². The molecule has 1 aliphatic heterocycles. The minimum absolute atomic E-state index is 0.198. The summed E-state index contributed by atoms with van der Waals surface area (Å²) in [4.78, 5) is 12.1. The Morgan fingerprint density at radius 2 is 1.67 bits per heavy atom. The predicted octanol–water partition coefficient (Wildman–Crippen LogP) is 3.14. The summed E-state index contributed by atoms with van der Waals surface area (Å²) < 4.78 is 5.61. The molecule has 115 valence electrons. The third-order valence-electron chi connectivity index (χ3n) is 4.04. The van der Waals surface area contributed by atoms with Gasteiger partial charge in [0.15, 0.2) is 0 Å². The second-order valence-corrected chi connectivity index (χ2v) is 7.10. The molecule has 1 fully saturated rings. The molecule has 1 saturated heterocycles. The zero-order chi connectivity index (χ0) is 15.7. The largest absolute Gasteiger partial charge is 0.462 e. The lowest BCUT2D eigenvalue weighted by Gasteiger charge is -2.49. The molecule has 21 heavy (non-hydrogen) atoms. The van der Waals surface area contributed by atoms with E-state index in [2.05, 4.69) is 0 Å². The molecule has 1 aromatic rings. The van der Waals surface area contributed by atoms with Crippen molar-refractivity contribution in [3.63, 3.8) is 0 Å². The third-order valence-corrected chi connectivity index (χ3v) is 4.04. The minimum Gasteiger partial charge on any atom is -0.462 e. The average Bonchev–Trinajstić information content (AvgIpc) is 2.36. The molecule has 4 heteroatoms. The summed E-state index contributed by atoms with van der Waals surface area (Å²) in [5.74, 6) is -0.225. The number of piperidine rings is 1. The van der Waals surface area contributed by atoms with Crippen LogP contribution in [0.4, 0.5) is 0 Å². The monoisotopic (exact) mass is 290 g/mol. The highest BCUT2D eigenvalue weighted by molar-refractivity contribution is 5.72. The first-order valence-corrected chi connectivity index (χ1v) is 7.42. The molecule has 1 aliphatic rings. The fourth-order valence-corrected chi connectivity index (χ4v) is 3.25. The fraction of sp³-hybridized carbons (Fsp3) is 0.588. The first-order chi connectivity index (χ1) is 9.71. The highest BCUT2D eigenvalue weighted by Crippen LogP contribution is 2.38. The maximum atomic E-state index is 12.3. The van der Waals surface area contributed by atoms with Crippen LogP contribution in [0.25, 0.3) is 0 Å². The van der Waals surface area contributed by atoms with Gasteiger partial charge in [-0.2, -0.15) is 0 Å². The maximum absolute atomic E-state index is 12.3. The Bertz CT molecular complexity index is 478. The van der Waals surface area contributed by atoms with Gasteiger partial charge >= 0.3 is 5.97 Å². The minimum atomic E-state index is -0.514. The van der Waals surface area contributed by atoms with Crippen molar-refractivity contribution in [3.05, 3.63) is 35.9 Å². The summed E-state index contributed by atoms with van der Waals surface area (Å²) in [5.41, 5.74) is -0.0823. The van der Waals surface area contributed by atoms with Crippen LogP contribution in [0.15, 0.2) is 30.3 Å². The van der Waals surface area contributed by atoms with E-state index in [1.807, 2.05) is 58.0 Å². The number of esters is 1. The van der Waals surface area contributed by atoms with Gasteiger partial charge in [-0.3, -0.25) is 4.79 Å². The van der Waals surface area contributed by atoms with Crippen LogP contribution >= 0.6 is 0 Å². The molecule has 0 amide bonds. The van der Waals surface area contributed by atoms with Crippen LogP contribution < -0.4 is 0 Å². The average molecular weight is 290 g/mol. The van der Waals surface area contributed by atoms with Crippen molar-refractivity contribution in [3.8, 4) is 0 Å². The van der Waals surface area contributed by atoms with E-state index >= 15 is 0 Å². The zero-order valence-corrected chi connectivity index (χ0v) is 13.3. The first-order valence-electron chi connectivity index (χ1n) is 7.42. The first kappa shape index (κ1) is 16.0. The normalized spacial score (nSPS) is 22.0. The van der Waals surface area contributed by atoms with Crippen LogP contribution in [-0.4, -0.2) is 28.2 Å². The SMILES string of the molecule is CC1(C)CC(OC(=O)Cc2ccccc2)CC(C)(C)N1[O]. The molecule has 1 aromatic carbocycles. The summed E-state index contributed by atoms with van der Waals surface area (Å²) in [5, 5.41) is 13.4. The lowest BCUT2D eigenvalue weighted by molar-refractivity contribution is -0.299. The highest BCUT2D eigenvalue weighted by Gasteiger charge is 2.47. The molecule has 0 aromatic heterocycles. The van der Waals surface area contributed by atoms with Gasteiger partial charge in [-0.15, -0.1) is 10.3 Å². The number of hydrogen-bond acceptors (Lipinski definition) is 3. The number of hydrogen-bond donors (Lipinski definition) is 0. The Morgan fingerprint density at radius 1 is 1.14 bits per heavy atom. The molecular weight excluding hydrogens is 266 g/mol. The van der Waals surface area contributed by atoms with Gasteiger partial charge in [-0.25, -0.2) is 0 Å². The van der Waals surface area contributed by atoms with Crippen molar-refractivity contribution in [1.82, 2.24) is 5.06 Å². The topological polar surface area (TPSA) is 49.4 Å². The molecule has 0 N–H and O–H groups in total. The number of benzene rings is 1. The molecule has 0 aliphatic carbocycles. The quantitative estimate of drug-likeness (QED) is 0.804. The molecule has 1 heterocycles. The van der Waals surface area contributed by atoms with E-state index in [1.54, 1.807) is 0 Å². The van der Waals surface area contributed by atoms with Crippen molar-refractivity contribution in [1.29, 1.82) is 0 Å². The molecule has 0 bridgehead atoms. The lowest BCUT2D eigenvalue weighted by atomic mass is 9.80. The Labute approximate surface area is 126 Å². The van der Waals surface area contributed by atoms with Crippen molar-refractivity contribution in [2.75, 3.05) is 0 Å². The Balaban J connectivity index is 1.98. The summed E-state index contributed by atoms with van der Waals surface area (Å²) in [6.45, 7) is 7.61. The molecule has 0 saturated carbocycles. The van der Waals surface area contributed by atoms with Gasteiger partial charge in [0, 0.05) is 23.9 Å². The summed E-state index contributed by atoms with van der Waals surface area (Å²) in [6, 6.07) is 9.56. The van der Waals surface area contributed by atoms with Gasteiger partial charge in [0.05, 0.1) is 6.42 Å². The van der Waals surface area contributed by atoms with Crippen LogP contribution in [0.1, 0.15) is 46.1 Å². The third kappa shape index (κ3) is 3.83. The molecule has 0 atom stereocenters. The second-order valence-electron chi connectivity index (χ2n) is 7.10. The second kappa shape index (κ2) is 5.78. The van der Waals surface area contributed by atoms with Gasteiger partial charge in [0.25, 0.3) is 0 Å². The van der Waals surface area contributed by atoms with E-state index in [0.717, 1.165) is 10.6 Å².